The number of benzene rings is 2. The van der Waals surface area contributed by atoms with Crippen molar-refractivity contribution in [2.75, 3.05) is 23.3 Å². The Bertz CT molecular complexity index is 833. The van der Waals surface area contributed by atoms with E-state index in [-0.39, 0.29) is 11.5 Å². The molecule has 2 aromatic carbocycles. The summed E-state index contributed by atoms with van der Waals surface area (Å²) >= 11 is 0. The summed E-state index contributed by atoms with van der Waals surface area (Å²) < 4.78 is 0. The van der Waals surface area contributed by atoms with Gasteiger partial charge in [-0.1, -0.05) is 45.9 Å². The first kappa shape index (κ1) is 21.5. The van der Waals surface area contributed by atoms with Gasteiger partial charge in [0, 0.05) is 24.3 Å². The van der Waals surface area contributed by atoms with Crippen molar-refractivity contribution in [1.29, 1.82) is 0 Å². The number of nitrogens with zero attached hydrogens (tertiary/aromatic N) is 1. The fraction of sp³-hybridized carbons (Fsp3) is 0.391. The van der Waals surface area contributed by atoms with E-state index < -0.39 is 5.97 Å². The summed E-state index contributed by atoms with van der Waals surface area (Å²) in [5, 5.41) is 12.6. The molecule has 0 aliphatic carbocycles. The maximum Gasteiger partial charge on any atom is 0.337 e. The molecule has 2 rings (SSSR count). The normalized spacial score (nSPS) is 11.0. The van der Waals surface area contributed by atoms with Crippen molar-refractivity contribution >= 4 is 23.3 Å². The summed E-state index contributed by atoms with van der Waals surface area (Å²) in [6.45, 7) is 11.9. The van der Waals surface area contributed by atoms with E-state index in [2.05, 4.69) is 37.9 Å². The van der Waals surface area contributed by atoms with Crippen molar-refractivity contribution in [2.24, 2.45) is 11.8 Å². The predicted molar refractivity (Wildman–Crippen MR) is 114 cm³/mol. The van der Waals surface area contributed by atoms with Gasteiger partial charge in [-0.05, 0) is 48.6 Å². The van der Waals surface area contributed by atoms with E-state index in [4.69, 9.17) is 0 Å². The molecule has 2 aromatic rings. The van der Waals surface area contributed by atoms with Crippen LogP contribution in [-0.2, 0) is 0 Å². The predicted octanol–water partition coefficient (Wildman–Crippen LogP) is 5.06. The Morgan fingerprint density at radius 1 is 0.964 bits per heavy atom. The van der Waals surface area contributed by atoms with Crippen molar-refractivity contribution in [3.8, 4) is 0 Å². The third-order valence-electron chi connectivity index (χ3n) is 4.39. The van der Waals surface area contributed by atoms with Crippen LogP contribution >= 0.6 is 0 Å². The lowest BCUT2D eigenvalue weighted by molar-refractivity contribution is 0.0697. The van der Waals surface area contributed by atoms with Gasteiger partial charge < -0.3 is 15.3 Å². The third kappa shape index (κ3) is 5.59. The molecular formula is C23H30N2O3. The molecule has 5 heteroatoms. The molecule has 0 saturated carbocycles. The van der Waals surface area contributed by atoms with Crippen molar-refractivity contribution in [2.45, 2.75) is 34.6 Å². The maximum absolute atomic E-state index is 12.6. The third-order valence-corrected chi connectivity index (χ3v) is 4.39. The minimum atomic E-state index is -1.00. The van der Waals surface area contributed by atoms with E-state index in [1.807, 2.05) is 25.1 Å². The number of anilines is 2. The summed E-state index contributed by atoms with van der Waals surface area (Å²) in [4.78, 5) is 26.6. The first-order valence-corrected chi connectivity index (χ1v) is 9.68. The molecule has 5 nitrogen and oxygen atoms in total. The molecule has 0 saturated heterocycles. The number of hydrogen-bond acceptors (Lipinski definition) is 3. The summed E-state index contributed by atoms with van der Waals surface area (Å²) in [5.74, 6) is -0.440. The van der Waals surface area contributed by atoms with Crippen molar-refractivity contribution < 1.29 is 14.7 Å². The minimum Gasteiger partial charge on any atom is -0.478 e. The van der Waals surface area contributed by atoms with Crippen molar-refractivity contribution in [3.05, 3.63) is 59.2 Å². The summed E-state index contributed by atoms with van der Waals surface area (Å²) in [6.07, 6.45) is 0. The molecule has 0 aliphatic rings. The first-order chi connectivity index (χ1) is 13.2. The molecule has 0 radical (unpaired) electrons. The van der Waals surface area contributed by atoms with E-state index in [0.717, 1.165) is 18.7 Å². The molecule has 0 bridgehead atoms. The number of carboxylic acid groups (broad SMARTS) is 1. The average Bonchev–Trinajstić information content (AvgIpc) is 2.60. The van der Waals surface area contributed by atoms with Gasteiger partial charge in [0.2, 0.25) is 0 Å². The van der Waals surface area contributed by atoms with Crippen LogP contribution in [0.3, 0.4) is 0 Å². The highest BCUT2D eigenvalue weighted by Crippen LogP contribution is 2.27. The summed E-state index contributed by atoms with van der Waals surface area (Å²) in [6, 6.07) is 12.4. The van der Waals surface area contributed by atoms with E-state index in [9.17, 15) is 14.7 Å². The zero-order valence-electron chi connectivity index (χ0n) is 17.3. The van der Waals surface area contributed by atoms with Gasteiger partial charge in [-0.3, -0.25) is 4.79 Å². The number of carboxylic acids is 1. The van der Waals surface area contributed by atoms with Gasteiger partial charge in [-0.25, -0.2) is 4.79 Å². The van der Waals surface area contributed by atoms with Gasteiger partial charge in [0.15, 0.2) is 0 Å². The van der Waals surface area contributed by atoms with E-state index in [0.29, 0.717) is 28.8 Å². The van der Waals surface area contributed by atoms with Crippen LogP contribution < -0.4 is 10.2 Å². The highest BCUT2D eigenvalue weighted by molar-refractivity contribution is 6.06. The molecule has 0 aromatic heterocycles. The van der Waals surface area contributed by atoms with Crippen molar-refractivity contribution in [1.82, 2.24) is 0 Å². The Labute approximate surface area is 167 Å². The monoisotopic (exact) mass is 382 g/mol. The number of nitrogens with one attached hydrogen (secondary N) is 1. The summed E-state index contributed by atoms with van der Waals surface area (Å²) in [7, 11) is 0. The minimum absolute atomic E-state index is 0.198. The Hall–Kier alpha value is -2.82. The second-order valence-corrected chi connectivity index (χ2v) is 8.00. The van der Waals surface area contributed by atoms with Crippen LogP contribution in [0, 0.1) is 18.8 Å². The zero-order valence-corrected chi connectivity index (χ0v) is 17.3. The molecular weight excluding hydrogens is 352 g/mol. The maximum atomic E-state index is 12.6. The SMILES string of the molecule is Cc1ccccc1C(=O)Nc1ccc(N(CC(C)C)CC(C)C)c(C(=O)O)c1. The van der Waals surface area contributed by atoms with Crippen LogP contribution in [-0.4, -0.2) is 30.1 Å². The standard InChI is InChI=1S/C23H30N2O3/c1-15(2)13-25(14-16(3)4)21-11-10-18(12-20(21)23(27)28)24-22(26)19-9-7-6-8-17(19)5/h6-12,15-16H,13-14H2,1-5H3,(H,24,26)(H,27,28). The Morgan fingerprint density at radius 2 is 1.57 bits per heavy atom. The molecule has 0 atom stereocenters. The number of amides is 1. The fourth-order valence-electron chi connectivity index (χ4n) is 3.24. The van der Waals surface area contributed by atoms with Gasteiger partial charge >= 0.3 is 5.97 Å². The molecule has 2 N–H and O–H groups in total. The van der Waals surface area contributed by atoms with Crippen LogP contribution in [0.25, 0.3) is 0 Å². The average molecular weight is 383 g/mol. The topological polar surface area (TPSA) is 69.6 Å². The molecule has 0 unspecified atom stereocenters. The quantitative estimate of drug-likeness (QED) is 0.669. The molecule has 28 heavy (non-hydrogen) atoms. The second-order valence-electron chi connectivity index (χ2n) is 8.00. The van der Waals surface area contributed by atoms with Gasteiger partial charge in [0.1, 0.15) is 0 Å². The largest absolute Gasteiger partial charge is 0.478 e. The second kappa shape index (κ2) is 9.40. The number of aromatic carboxylic acids is 1. The Morgan fingerprint density at radius 3 is 2.11 bits per heavy atom. The van der Waals surface area contributed by atoms with E-state index in [1.165, 1.54) is 0 Å². The first-order valence-electron chi connectivity index (χ1n) is 9.68. The van der Waals surface area contributed by atoms with Crippen LogP contribution in [0.2, 0.25) is 0 Å². The summed E-state index contributed by atoms with van der Waals surface area (Å²) in [5.41, 5.74) is 2.80. The molecule has 1 amide bonds. The Balaban J connectivity index is 2.34. The number of hydrogen-bond donors (Lipinski definition) is 2. The van der Waals surface area contributed by atoms with Crippen LogP contribution in [0.5, 0.6) is 0 Å². The van der Waals surface area contributed by atoms with Crippen LogP contribution in [0.4, 0.5) is 11.4 Å². The molecule has 0 spiro atoms. The van der Waals surface area contributed by atoms with Gasteiger partial charge in [0.05, 0.1) is 11.3 Å². The smallest absolute Gasteiger partial charge is 0.337 e. The van der Waals surface area contributed by atoms with Gasteiger partial charge in [-0.2, -0.15) is 0 Å². The molecule has 150 valence electrons. The number of rotatable bonds is 8. The molecule has 0 heterocycles. The van der Waals surface area contributed by atoms with E-state index in [1.54, 1.807) is 24.3 Å². The highest BCUT2D eigenvalue weighted by atomic mass is 16.4. The number of carbonyl (C=O) groups excluding carboxylic acids is 1. The lowest BCUT2D eigenvalue weighted by Gasteiger charge is -2.30. The zero-order chi connectivity index (χ0) is 20.8. The molecule has 0 fully saturated rings. The fourth-order valence-corrected chi connectivity index (χ4v) is 3.24. The van der Waals surface area contributed by atoms with Gasteiger partial charge in [-0.15, -0.1) is 0 Å². The molecule has 0 aliphatic heterocycles. The number of aryl methyl sites for hydroxylation is 1. The van der Waals surface area contributed by atoms with Crippen LogP contribution in [0.15, 0.2) is 42.5 Å². The lowest BCUT2D eigenvalue weighted by Crippen LogP contribution is -2.32. The van der Waals surface area contributed by atoms with Crippen LogP contribution in [0.1, 0.15) is 54.0 Å². The Kier molecular flexibility index (Phi) is 7.21. The van der Waals surface area contributed by atoms with Crippen molar-refractivity contribution in [3.63, 3.8) is 0 Å². The highest BCUT2D eigenvalue weighted by Gasteiger charge is 2.19. The lowest BCUT2D eigenvalue weighted by atomic mass is 10.1. The number of carbonyl (C=O) groups is 2. The van der Waals surface area contributed by atoms with E-state index >= 15 is 0 Å². The van der Waals surface area contributed by atoms with Gasteiger partial charge in [0.25, 0.3) is 5.91 Å².